The van der Waals surface area contributed by atoms with Gasteiger partial charge >= 0.3 is 6.09 Å². The Kier molecular flexibility index (Phi) is 2.82. The Labute approximate surface area is 100 Å². The van der Waals surface area contributed by atoms with Gasteiger partial charge in [-0.05, 0) is 26.0 Å². The SMILES string of the molecule is Cc1ccc(S(=O)(=O)N2CC(C)OC2=O)cc1. The number of hydrogen-bond donors (Lipinski definition) is 0. The fourth-order valence-electron chi connectivity index (χ4n) is 1.61. The average molecular weight is 255 g/mol. The van der Waals surface area contributed by atoms with Crippen LogP contribution in [0, 0.1) is 6.92 Å². The van der Waals surface area contributed by atoms with Gasteiger partial charge in [-0.25, -0.2) is 13.2 Å². The van der Waals surface area contributed by atoms with Crippen molar-refractivity contribution >= 4 is 16.1 Å². The van der Waals surface area contributed by atoms with Crippen molar-refractivity contribution in [1.29, 1.82) is 0 Å². The molecule has 2 rings (SSSR count). The second-order valence-corrected chi connectivity index (χ2v) is 5.91. The van der Waals surface area contributed by atoms with Gasteiger partial charge in [-0.1, -0.05) is 17.7 Å². The normalized spacial score (nSPS) is 20.5. The predicted octanol–water partition coefficient (Wildman–Crippen LogP) is 1.52. The Hall–Kier alpha value is -1.56. The topological polar surface area (TPSA) is 63.7 Å². The van der Waals surface area contributed by atoms with Crippen LogP contribution in [0.3, 0.4) is 0 Å². The molecule has 1 heterocycles. The van der Waals surface area contributed by atoms with Crippen molar-refractivity contribution in [2.75, 3.05) is 6.54 Å². The van der Waals surface area contributed by atoms with Crippen molar-refractivity contribution in [3.63, 3.8) is 0 Å². The second-order valence-electron chi connectivity index (χ2n) is 4.04. The number of sulfonamides is 1. The van der Waals surface area contributed by atoms with Gasteiger partial charge in [-0.3, -0.25) is 0 Å². The summed E-state index contributed by atoms with van der Waals surface area (Å²) >= 11 is 0. The molecule has 5 nitrogen and oxygen atoms in total. The van der Waals surface area contributed by atoms with E-state index in [9.17, 15) is 13.2 Å². The first-order valence-corrected chi connectivity index (χ1v) is 6.65. The molecule has 1 atom stereocenters. The van der Waals surface area contributed by atoms with Crippen LogP contribution in [0.1, 0.15) is 12.5 Å². The highest BCUT2D eigenvalue weighted by atomic mass is 32.2. The molecule has 1 aliphatic heterocycles. The molecule has 1 amide bonds. The third-order valence-corrected chi connectivity index (χ3v) is 4.28. The first-order valence-electron chi connectivity index (χ1n) is 5.21. The molecule has 17 heavy (non-hydrogen) atoms. The minimum atomic E-state index is -3.78. The number of hydrogen-bond acceptors (Lipinski definition) is 4. The second kappa shape index (κ2) is 4.03. The number of carbonyl (C=O) groups is 1. The minimum absolute atomic E-state index is 0.0645. The summed E-state index contributed by atoms with van der Waals surface area (Å²) in [4.78, 5) is 11.5. The van der Waals surface area contributed by atoms with Crippen LogP contribution in [-0.2, 0) is 14.8 Å². The maximum Gasteiger partial charge on any atom is 0.424 e. The lowest BCUT2D eigenvalue weighted by molar-refractivity contribution is 0.144. The molecule has 1 aromatic rings. The van der Waals surface area contributed by atoms with Crippen LogP contribution in [0.5, 0.6) is 0 Å². The van der Waals surface area contributed by atoms with Crippen molar-refractivity contribution in [3.05, 3.63) is 29.8 Å². The largest absolute Gasteiger partial charge is 0.444 e. The zero-order chi connectivity index (χ0) is 12.6. The third-order valence-electron chi connectivity index (χ3n) is 2.54. The highest BCUT2D eigenvalue weighted by Gasteiger charge is 2.38. The molecule has 0 radical (unpaired) electrons. The lowest BCUT2D eigenvalue weighted by Crippen LogP contribution is -2.32. The summed E-state index contributed by atoms with van der Waals surface area (Å²) in [5.41, 5.74) is 0.960. The number of rotatable bonds is 2. The average Bonchev–Trinajstić information content (AvgIpc) is 2.59. The molecule has 1 saturated heterocycles. The molecule has 0 aromatic heterocycles. The van der Waals surface area contributed by atoms with Crippen LogP contribution < -0.4 is 0 Å². The van der Waals surface area contributed by atoms with E-state index in [1.807, 2.05) is 6.92 Å². The molecule has 0 spiro atoms. The van der Waals surface area contributed by atoms with E-state index in [0.29, 0.717) is 0 Å². The Balaban J connectivity index is 2.37. The van der Waals surface area contributed by atoms with Crippen molar-refractivity contribution in [3.8, 4) is 0 Å². The smallest absolute Gasteiger partial charge is 0.424 e. The van der Waals surface area contributed by atoms with E-state index in [1.54, 1.807) is 19.1 Å². The first-order chi connectivity index (χ1) is 7.91. The van der Waals surface area contributed by atoms with E-state index in [0.717, 1.165) is 9.87 Å². The highest BCUT2D eigenvalue weighted by Crippen LogP contribution is 2.22. The standard InChI is InChI=1S/C11H13NO4S/c1-8-3-5-10(6-4-8)17(14,15)12-7-9(2)16-11(12)13/h3-6,9H,7H2,1-2H3. The number of carbonyl (C=O) groups excluding carboxylic acids is 1. The van der Waals surface area contributed by atoms with Crippen molar-refractivity contribution < 1.29 is 17.9 Å². The number of ether oxygens (including phenoxy) is 1. The molecule has 1 fully saturated rings. The zero-order valence-electron chi connectivity index (χ0n) is 9.58. The van der Waals surface area contributed by atoms with Crippen LogP contribution in [0.15, 0.2) is 29.2 Å². The summed E-state index contributed by atoms with van der Waals surface area (Å²) in [6.45, 7) is 3.58. The Morgan fingerprint density at radius 3 is 2.35 bits per heavy atom. The van der Waals surface area contributed by atoms with Gasteiger partial charge in [0.05, 0.1) is 11.4 Å². The van der Waals surface area contributed by atoms with Gasteiger partial charge in [0.15, 0.2) is 0 Å². The van der Waals surface area contributed by atoms with Gasteiger partial charge in [0.25, 0.3) is 10.0 Å². The summed E-state index contributed by atoms with van der Waals surface area (Å²) in [6.07, 6.45) is -1.21. The van der Waals surface area contributed by atoms with Crippen molar-refractivity contribution in [2.24, 2.45) is 0 Å². The molecule has 0 saturated carbocycles. The Bertz CT molecular complexity index is 535. The Morgan fingerprint density at radius 2 is 1.88 bits per heavy atom. The number of aryl methyl sites for hydroxylation is 1. The molecular weight excluding hydrogens is 242 g/mol. The lowest BCUT2D eigenvalue weighted by Gasteiger charge is -2.13. The van der Waals surface area contributed by atoms with Gasteiger partial charge in [-0.15, -0.1) is 0 Å². The fraction of sp³-hybridized carbons (Fsp3) is 0.364. The van der Waals surface area contributed by atoms with Crippen LogP contribution in [0.4, 0.5) is 4.79 Å². The zero-order valence-corrected chi connectivity index (χ0v) is 10.4. The summed E-state index contributed by atoms with van der Waals surface area (Å²) in [5, 5.41) is 0. The highest BCUT2D eigenvalue weighted by molar-refractivity contribution is 7.89. The van der Waals surface area contributed by atoms with Gasteiger partial charge < -0.3 is 4.74 Å². The van der Waals surface area contributed by atoms with Crippen LogP contribution in [-0.4, -0.2) is 31.5 Å². The van der Waals surface area contributed by atoms with E-state index in [2.05, 4.69) is 0 Å². The van der Waals surface area contributed by atoms with Gasteiger partial charge in [0.1, 0.15) is 6.10 Å². The van der Waals surface area contributed by atoms with Crippen LogP contribution in [0.25, 0.3) is 0 Å². The summed E-state index contributed by atoms with van der Waals surface area (Å²) in [5.74, 6) is 0. The molecule has 0 aliphatic carbocycles. The number of nitrogens with zero attached hydrogens (tertiary/aromatic N) is 1. The van der Waals surface area contributed by atoms with Gasteiger partial charge in [0.2, 0.25) is 0 Å². The van der Waals surface area contributed by atoms with Crippen LogP contribution >= 0.6 is 0 Å². The molecular formula is C11H13NO4S. The van der Waals surface area contributed by atoms with Crippen molar-refractivity contribution in [1.82, 2.24) is 4.31 Å². The van der Waals surface area contributed by atoms with Gasteiger partial charge in [-0.2, -0.15) is 4.31 Å². The molecule has 1 aromatic carbocycles. The number of benzene rings is 1. The predicted molar refractivity (Wildman–Crippen MR) is 61.0 cm³/mol. The summed E-state index contributed by atoms with van der Waals surface area (Å²) in [7, 11) is -3.78. The summed E-state index contributed by atoms with van der Waals surface area (Å²) in [6, 6.07) is 6.36. The monoisotopic (exact) mass is 255 g/mol. The fourth-order valence-corrected chi connectivity index (χ4v) is 2.99. The summed E-state index contributed by atoms with van der Waals surface area (Å²) < 4.78 is 29.8. The van der Waals surface area contributed by atoms with Crippen molar-refractivity contribution in [2.45, 2.75) is 24.8 Å². The molecule has 1 aliphatic rings. The molecule has 0 bridgehead atoms. The molecule has 1 unspecified atom stereocenters. The van der Waals surface area contributed by atoms with E-state index in [1.165, 1.54) is 12.1 Å². The van der Waals surface area contributed by atoms with E-state index in [4.69, 9.17) is 4.74 Å². The van der Waals surface area contributed by atoms with E-state index < -0.39 is 22.2 Å². The maximum atomic E-state index is 12.1. The number of amides is 1. The molecule has 92 valence electrons. The maximum absolute atomic E-state index is 12.1. The minimum Gasteiger partial charge on any atom is -0.444 e. The first kappa shape index (κ1) is 11.9. The molecule has 0 N–H and O–H groups in total. The van der Waals surface area contributed by atoms with Crippen LogP contribution in [0.2, 0.25) is 0 Å². The van der Waals surface area contributed by atoms with Gasteiger partial charge in [0, 0.05) is 0 Å². The Morgan fingerprint density at radius 1 is 1.29 bits per heavy atom. The molecule has 6 heteroatoms. The third kappa shape index (κ3) is 2.12. The lowest BCUT2D eigenvalue weighted by atomic mass is 10.2. The van der Waals surface area contributed by atoms with E-state index in [-0.39, 0.29) is 11.4 Å². The number of cyclic esters (lactones) is 1. The quantitative estimate of drug-likeness (QED) is 0.803. The van der Waals surface area contributed by atoms with E-state index >= 15 is 0 Å².